The monoisotopic (exact) mass is 1130 g/mol. The van der Waals surface area contributed by atoms with Crippen molar-refractivity contribution >= 4 is 41.9 Å². The summed E-state index contributed by atoms with van der Waals surface area (Å²) in [5, 5.41) is 86.6. The molecule has 0 aromatic heterocycles. The molecule has 4 aromatic rings. The van der Waals surface area contributed by atoms with Gasteiger partial charge in [0, 0.05) is 58.7 Å². The molecule has 6 bridgehead atoms. The number of hydrogen-bond acceptors (Lipinski definition) is 18. The highest BCUT2D eigenvalue weighted by molar-refractivity contribution is 6.32. The Hall–Kier alpha value is -6.87. The number of phenols is 1. The molecule has 5 aliphatic carbocycles. The number of ketones is 2. The van der Waals surface area contributed by atoms with Crippen molar-refractivity contribution in [3.05, 3.63) is 120 Å². The zero-order valence-corrected chi connectivity index (χ0v) is 46.0. The Kier molecular flexibility index (Phi) is 16.7. The first-order chi connectivity index (χ1) is 39.2. The molecule has 1 saturated heterocycles. The molecule has 0 radical (unpaired) electrons. The number of benzene rings is 4. The number of ether oxygens (including phenoxy) is 4. The van der Waals surface area contributed by atoms with E-state index in [1.807, 2.05) is 25.2 Å². The van der Waals surface area contributed by atoms with Crippen LogP contribution in [0.15, 0.2) is 47.5 Å². The number of aldehydes is 1. The van der Waals surface area contributed by atoms with Gasteiger partial charge >= 0.3 is 5.97 Å². The van der Waals surface area contributed by atoms with Crippen LogP contribution in [0, 0.1) is 29.6 Å². The van der Waals surface area contributed by atoms with E-state index >= 15 is 9.59 Å². The van der Waals surface area contributed by atoms with Crippen LogP contribution in [0.2, 0.25) is 0 Å². The fraction of sp³-hybridized carbons (Fsp3) is 0.468. The van der Waals surface area contributed by atoms with E-state index in [0.717, 1.165) is 43.7 Å². The van der Waals surface area contributed by atoms with Gasteiger partial charge in [-0.15, -0.1) is 0 Å². The Labute approximate surface area is 474 Å². The molecule has 0 spiro atoms. The molecule has 82 heavy (non-hydrogen) atoms. The molecule has 11 unspecified atom stereocenters. The number of aliphatic hydroxyl groups is 6. The number of aliphatic imine (C=N–C) groups is 1. The fourth-order valence-corrected chi connectivity index (χ4v) is 13.9. The van der Waals surface area contributed by atoms with Gasteiger partial charge in [-0.3, -0.25) is 24.2 Å². The number of carbonyl (C=O) groups is 4. The molecule has 434 valence electrons. The summed E-state index contributed by atoms with van der Waals surface area (Å²) in [7, 11) is 1.86. The standard InChI is InChI=1S/C62H71N5O15/c1-30-57(75)62(77,78)58(79-19-18-67-60(64)65)59(80-30)82-56-43-9-5-8-39(63)14-15-40(71)22-33-7-4-6-32(20-33)10-16-42-47(81-31(2)70)25-38(28-68)48-49(42)55(74)50(43)51(54(48)73)53(72)44(56)23-35-13-17-41-36-11-12-37-21-34(27-66-3)26-61(76,46(37)24-36)52(41)45(35)29-69/h4,6-7,10,13,16-17,20,25,29-30,34,36-37,39-40,46,57-59,66,68,71-72,75-78H,9,11-12,14-15,18-19,21-24,26-28,63H2,1-3H3,(H4,64,65,67). The lowest BCUT2D eigenvalue weighted by atomic mass is 9.51. The average molecular weight is 1130 g/mol. The maximum Gasteiger partial charge on any atom is 0.308 e. The third-order valence-electron chi connectivity index (χ3n) is 17.5. The van der Waals surface area contributed by atoms with Gasteiger partial charge in [-0.2, -0.15) is 0 Å². The number of rotatable bonds is 13. The number of esters is 1. The Morgan fingerprint density at radius 2 is 1.76 bits per heavy atom. The van der Waals surface area contributed by atoms with Crippen molar-refractivity contribution in [2.45, 2.75) is 139 Å². The number of fused-ring (bicyclic) bond motifs is 6. The summed E-state index contributed by atoms with van der Waals surface area (Å²) in [6, 6.07) is 11.3. The second kappa shape index (κ2) is 23.4. The van der Waals surface area contributed by atoms with Gasteiger partial charge < -0.3 is 77.2 Å². The minimum absolute atomic E-state index is 0.0460. The lowest BCUT2D eigenvalue weighted by Gasteiger charge is -2.56. The number of nitrogens with two attached hydrogens (primary N) is 3. The minimum Gasteiger partial charge on any atom is -0.507 e. The lowest BCUT2D eigenvalue weighted by molar-refractivity contribution is -0.378. The van der Waals surface area contributed by atoms with E-state index in [1.165, 1.54) is 19.1 Å². The van der Waals surface area contributed by atoms with E-state index in [0.29, 0.717) is 35.9 Å². The first-order valence-electron chi connectivity index (χ1n) is 28.0. The number of hydrogen-bond donors (Lipinski definition) is 11. The van der Waals surface area contributed by atoms with Crippen LogP contribution in [0.4, 0.5) is 0 Å². The molecule has 20 heteroatoms. The molecule has 1 aliphatic heterocycles. The van der Waals surface area contributed by atoms with Crippen molar-refractivity contribution in [1.82, 2.24) is 5.32 Å². The maximum atomic E-state index is 16.1. The summed E-state index contributed by atoms with van der Waals surface area (Å²) in [6.45, 7) is 1.72. The highest BCUT2D eigenvalue weighted by Gasteiger charge is 2.58. The van der Waals surface area contributed by atoms with Crippen LogP contribution in [0.5, 0.6) is 17.2 Å². The van der Waals surface area contributed by atoms with Crippen LogP contribution in [0.1, 0.15) is 157 Å². The first-order valence-corrected chi connectivity index (χ1v) is 28.0. The molecule has 20 nitrogen and oxygen atoms in total. The molecule has 0 amide bonds. The topological polar surface area (TPSA) is 349 Å². The number of aliphatic hydroxyl groups excluding tert-OH is 3. The van der Waals surface area contributed by atoms with Crippen molar-refractivity contribution < 1.29 is 73.9 Å². The molecule has 2 saturated carbocycles. The third kappa shape index (κ3) is 10.8. The van der Waals surface area contributed by atoms with Crippen molar-refractivity contribution in [3.63, 3.8) is 0 Å². The van der Waals surface area contributed by atoms with Crippen LogP contribution in [0.3, 0.4) is 0 Å². The highest BCUT2D eigenvalue weighted by atomic mass is 16.7. The Balaban J connectivity index is 1.25. The van der Waals surface area contributed by atoms with Crippen molar-refractivity contribution in [2.75, 3.05) is 26.7 Å². The van der Waals surface area contributed by atoms with Crippen LogP contribution >= 0.6 is 0 Å². The molecule has 14 N–H and O–H groups in total. The van der Waals surface area contributed by atoms with E-state index in [2.05, 4.69) is 22.2 Å². The second-order valence-corrected chi connectivity index (χ2v) is 22.8. The molecular weight excluding hydrogens is 1050 g/mol. The number of phenolic OH excluding ortho intramolecular Hbond substituents is 1. The van der Waals surface area contributed by atoms with Crippen LogP contribution in [-0.2, 0) is 45.7 Å². The number of carbonyl (C=O) groups excluding carboxylic acids is 4. The predicted molar refractivity (Wildman–Crippen MR) is 300 cm³/mol. The highest BCUT2D eigenvalue weighted by Crippen LogP contribution is 2.61. The van der Waals surface area contributed by atoms with Crippen LogP contribution in [-0.4, -0.2) is 135 Å². The molecule has 1 heterocycles. The number of aromatic hydroxyl groups is 1. The smallest absolute Gasteiger partial charge is 0.308 e. The quantitative estimate of drug-likeness (QED) is 0.0118. The number of guanidine groups is 1. The van der Waals surface area contributed by atoms with E-state index in [1.54, 1.807) is 24.3 Å². The van der Waals surface area contributed by atoms with Crippen LogP contribution < -0.4 is 32.0 Å². The van der Waals surface area contributed by atoms with Gasteiger partial charge in [0.05, 0.1) is 49.2 Å². The van der Waals surface area contributed by atoms with Gasteiger partial charge in [-0.1, -0.05) is 54.3 Å². The molecule has 6 aliphatic rings. The first kappa shape index (κ1) is 58.3. The zero-order valence-electron chi connectivity index (χ0n) is 46.0. The fourth-order valence-electron chi connectivity index (χ4n) is 13.9. The Bertz CT molecular complexity index is 3340. The lowest BCUT2D eigenvalue weighted by Crippen LogP contribution is -2.67. The van der Waals surface area contributed by atoms with E-state index in [9.17, 15) is 45.3 Å². The van der Waals surface area contributed by atoms with E-state index < -0.39 is 102 Å². The van der Waals surface area contributed by atoms with Gasteiger partial charge in [-0.05, 0) is 141 Å². The normalized spacial score (nSPS) is 27.9. The average Bonchev–Trinajstić information content (AvgIpc) is 3.62. The summed E-state index contributed by atoms with van der Waals surface area (Å²) < 4.78 is 24.7. The van der Waals surface area contributed by atoms with Gasteiger partial charge in [0.1, 0.15) is 23.4 Å². The van der Waals surface area contributed by atoms with Crippen molar-refractivity contribution in [1.29, 1.82) is 0 Å². The SMILES string of the molecule is CNCC1CC2CCC3CC2C(O)(C1)c1c3ccc(Cc2c(O)c3c4c(c2OC2OC(C)C(O)C(O)(O)C2OCCN=C(N)N)CC#CC(N)CCC(O)Cc2cccc(c2)C=Cc2c(OC(C)=O)cc(CO)c(c2C4=O)C3=O)c1C=O. The van der Waals surface area contributed by atoms with E-state index in [4.69, 9.17) is 36.1 Å². The summed E-state index contributed by atoms with van der Waals surface area (Å²) in [6.07, 6.45) is -0.648. The third-order valence-corrected chi connectivity index (χ3v) is 17.5. The number of nitrogens with one attached hydrogen (secondary N) is 1. The summed E-state index contributed by atoms with van der Waals surface area (Å²) in [5.41, 5.74) is 17.4. The summed E-state index contributed by atoms with van der Waals surface area (Å²) >= 11 is 0. The van der Waals surface area contributed by atoms with Crippen LogP contribution in [0.25, 0.3) is 12.2 Å². The molecule has 11 atom stereocenters. The molecular formula is C62H71N5O15. The largest absolute Gasteiger partial charge is 0.507 e. The van der Waals surface area contributed by atoms with Gasteiger partial charge in [-0.25, -0.2) is 0 Å². The predicted octanol–water partition coefficient (Wildman–Crippen LogP) is 2.88. The van der Waals surface area contributed by atoms with Crippen molar-refractivity contribution in [2.24, 2.45) is 39.9 Å². The molecule has 10 rings (SSSR count). The molecule has 4 aromatic carbocycles. The number of nitrogens with zero attached hydrogens (tertiary/aromatic N) is 1. The Morgan fingerprint density at radius 1 is 0.976 bits per heavy atom. The van der Waals surface area contributed by atoms with Gasteiger partial charge in [0.25, 0.3) is 0 Å². The van der Waals surface area contributed by atoms with Crippen molar-refractivity contribution in [3.8, 4) is 29.1 Å². The minimum atomic E-state index is -3.12. The summed E-state index contributed by atoms with van der Waals surface area (Å²) in [5.74, 6) is -1.14. The maximum absolute atomic E-state index is 16.1. The Morgan fingerprint density at radius 3 is 2.49 bits per heavy atom. The van der Waals surface area contributed by atoms with E-state index in [-0.39, 0.29) is 112 Å². The molecule has 3 fully saturated rings. The second-order valence-electron chi connectivity index (χ2n) is 22.8. The van der Waals surface area contributed by atoms with Gasteiger partial charge in [0.2, 0.25) is 12.1 Å². The van der Waals surface area contributed by atoms with Gasteiger partial charge in [0.15, 0.2) is 29.9 Å². The zero-order chi connectivity index (χ0) is 58.5. The summed E-state index contributed by atoms with van der Waals surface area (Å²) in [4.78, 5) is 62.6.